The van der Waals surface area contributed by atoms with Crippen molar-refractivity contribution in [2.75, 3.05) is 63.4 Å². The molecule has 3 aliphatic heterocycles. The molecule has 3 saturated heterocycles. The molecule has 0 spiro atoms. The molecule has 0 aliphatic carbocycles. The van der Waals surface area contributed by atoms with Crippen LogP contribution < -0.4 is 15.5 Å². The zero-order valence-corrected chi connectivity index (χ0v) is 25.0. The number of morpholine rings is 1. The van der Waals surface area contributed by atoms with Gasteiger partial charge in [-0.3, -0.25) is 9.69 Å². The first kappa shape index (κ1) is 29.0. The van der Waals surface area contributed by atoms with E-state index in [0.717, 1.165) is 79.8 Å². The number of ether oxygens (including phenoxy) is 3. The Kier molecular flexibility index (Phi) is 9.42. The molecule has 0 radical (unpaired) electrons. The van der Waals surface area contributed by atoms with Crippen molar-refractivity contribution in [3.8, 4) is 0 Å². The predicted molar refractivity (Wildman–Crippen MR) is 160 cm³/mol. The molecule has 5 rings (SSSR count). The number of rotatable bonds is 9. The first-order chi connectivity index (χ1) is 19.4. The Hall–Kier alpha value is -2.50. The van der Waals surface area contributed by atoms with Gasteiger partial charge in [-0.2, -0.15) is 0 Å². The normalized spacial score (nSPS) is 22.4. The van der Waals surface area contributed by atoms with Gasteiger partial charge in [0.15, 0.2) is 5.13 Å². The van der Waals surface area contributed by atoms with Crippen LogP contribution >= 0.6 is 11.3 Å². The molecule has 10 heteroatoms. The maximum Gasteiger partial charge on any atom is 0.253 e. The molecule has 0 unspecified atom stereocenters. The summed E-state index contributed by atoms with van der Waals surface area (Å²) in [6, 6.07) is 6.31. The zero-order valence-electron chi connectivity index (χ0n) is 24.2. The van der Waals surface area contributed by atoms with Gasteiger partial charge in [0.1, 0.15) is 0 Å². The first-order valence-electron chi connectivity index (χ1n) is 14.4. The molecule has 3 aliphatic rings. The van der Waals surface area contributed by atoms with E-state index in [2.05, 4.69) is 45.7 Å². The number of carbonyl (C=O) groups excluding carboxylic acids is 1. The number of allylic oxidation sites excluding steroid dienone is 1. The lowest BCUT2D eigenvalue weighted by Crippen LogP contribution is -2.52. The summed E-state index contributed by atoms with van der Waals surface area (Å²) in [5.74, 6) is -0.0606. The number of hydrogen-bond donors (Lipinski definition) is 2. The Morgan fingerprint density at radius 1 is 1.20 bits per heavy atom. The molecule has 0 saturated carbocycles. The molecule has 4 heterocycles. The van der Waals surface area contributed by atoms with Crippen LogP contribution in [-0.2, 0) is 20.8 Å². The van der Waals surface area contributed by atoms with Crippen LogP contribution in [0.5, 0.6) is 0 Å². The predicted octanol–water partition coefficient (Wildman–Crippen LogP) is 4.36. The number of benzene rings is 1. The summed E-state index contributed by atoms with van der Waals surface area (Å²) < 4.78 is 16.7. The molecular weight excluding hydrogens is 526 g/mol. The van der Waals surface area contributed by atoms with Crippen LogP contribution in [0.3, 0.4) is 0 Å². The summed E-state index contributed by atoms with van der Waals surface area (Å²) in [6.45, 7) is 12.6. The fourth-order valence-corrected chi connectivity index (χ4v) is 6.42. The van der Waals surface area contributed by atoms with Gasteiger partial charge in [0.05, 0.1) is 42.0 Å². The quantitative estimate of drug-likeness (QED) is 0.461. The lowest BCUT2D eigenvalue weighted by Gasteiger charge is -2.42. The van der Waals surface area contributed by atoms with Crippen LogP contribution in [0.25, 0.3) is 5.70 Å². The van der Waals surface area contributed by atoms with Gasteiger partial charge in [-0.1, -0.05) is 12.1 Å². The standard InChI is InChI=1S/C30H43N5O4S/c1-5-25(27-19-40-29(33-27)34-11-8-23(18-34)37-4)32-26-7-6-21(17-35-12-15-39-20-30(35,2)3)16-24(26)28(36)31-22-9-13-38-14-10-22/h5-7,16,19,22-23,32H,8-15,17-18,20H2,1-4H3,(H,31,36)/t23-/m0/s1. The third-order valence-corrected chi connectivity index (χ3v) is 9.05. The molecule has 1 amide bonds. The number of nitrogens with one attached hydrogen (secondary N) is 2. The number of nitrogens with zero attached hydrogens (tertiary/aromatic N) is 3. The van der Waals surface area contributed by atoms with E-state index in [1.807, 2.05) is 25.1 Å². The van der Waals surface area contributed by atoms with Crippen molar-refractivity contribution < 1.29 is 19.0 Å². The van der Waals surface area contributed by atoms with Crippen molar-refractivity contribution in [3.05, 3.63) is 46.5 Å². The van der Waals surface area contributed by atoms with Crippen LogP contribution in [0.4, 0.5) is 10.8 Å². The van der Waals surface area contributed by atoms with Crippen molar-refractivity contribution in [2.45, 2.75) is 64.3 Å². The molecular formula is C30H43N5O4S. The number of anilines is 2. The van der Waals surface area contributed by atoms with E-state index in [1.54, 1.807) is 18.4 Å². The van der Waals surface area contributed by atoms with Gasteiger partial charge in [0.2, 0.25) is 0 Å². The maximum absolute atomic E-state index is 13.7. The number of carbonyl (C=O) groups is 1. The van der Waals surface area contributed by atoms with E-state index in [1.165, 1.54) is 0 Å². The van der Waals surface area contributed by atoms with Crippen LogP contribution in [0.1, 0.15) is 61.6 Å². The number of amides is 1. The number of thiazole rings is 1. The van der Waals surface area contributed by atoms with Crippen molar-refractivity contribution in [2.24, 2.45) is 0 Å². The molecule has 218 valence electrons. The third-order valence-electron chi connectivity index (χ3n) is 8.15. The highest BCUT2D eigenvalue weighted by Crippen LogP contribution is 2.31. The first-order valence-corrected chi connectivity index (χ1v) is 15.3. The van der Waals surface area contributed by atoms with Crippen LogP contribution in [0.2, 0.25) is 0 Å². The van der Waals surface area contributed by atoms with Gasteiger partial charge in [-0.05, 0) is 57.7 Å². The summed E-state index contributed by atoms with van der Waals surface area (Å²) in [5, 5.41) is 9.88. The average Bonchev–Trinajstić information content (AvgIpc) is 3.64. The Balaban J connectivity index is 1.37. The molecule has 40 heavy (non-hydrogen) atoms. The van der Waals surface area contributed by atoms with Crippen molar-refractivity contribution in [1.29, 1.82) is 0 Å². The van der Waals surface area contributed by atoms with E-state index < -0.39 is 0 Å². The molecule has 1 atom stereocenters. The van der Waals surface area contributed by atoms with E-state index in [-0.39, 0.29) is 23.6 Å². The highest BCUT2D eigenvalue weighted by atomic mass is 32.1. The maximum atomic E-state index is 13.7. The number of aromatic nitrogens is 1. The van der Waals surface area contributed by atoms with Crippen LogP contribution in [0.15, 0.2) is 29.7 Å². The minimum Gasteiger partial charge on any atom is -0.381 e. The molecule has 1 aromatic carbocycles. The second kappa shape index (κ2) is 13.0. The van der Waals surface area contributed by atoms with E-state index in [9.17, 15) is 4.79 Å². The Morgan fingerprint density at radius 3 is 2.75 bits per heavy atom. The largest absolute Gasteiger partial charge is 0.381 e. The number of methoxy groups -OCH3 is 1. The molecule has 3 fully saturated rings. The molecule has 0 bridgehead atoms. The van der Waals surface area contributed by atoms with E-state index >= 15 is 0 Å². The SMILES string of the molecule is CC=C(Nc1ccc(CN2CCOCC2(C)C)cc1C(=O)NC1CCOCC1)c1csc(N2CC[C@H](OC)C2)n1. The third kappa shape index (κ3) is 6.86. The van der Waals surface area contributed by atoms with Gasteiger partial charge in [0, 0.05) is 63.5 Å². The smallest absolute Gasteiger partial charge is 0.253 e. The minimum absolute atomic E-state index is 0.0568. The second-order valence-corrected chi connectivity index (χ2v) is 12.3. The van der Waals surface area contributed by atoms with E-state index in [0.29, 0.717) is 25.4 Å². The highest BCUT2D eigenvalue weighted by Gasteiger charge is 2.31. The minimum atomic E-state index is -0.0606. The second-order valence-electron chi connectivity index (χ2n) is 11.5. The topological polar surface area (TPSA) is 88.2 Å². The summed E-state index contributed by atoms with van der Waals surface area (Å²) in [5.41, 5.74) is 4.23. The van der Waals surface area contributed by atoms with Gasteiger partial charge in [0.25, 0.3) is 5.91 Å². The lowest BCUT2D eigenvalue weighted by molar-refractivity contribution is -0.0552. The highest BCUT2D eigenvalue weighted by molar-refractivity contribution is 7.13. The molecule has 2 aromatic rings. The molecule has 9 nitrogen and oxygen atoms in total. The summed E-state index contributed by atoms with van der Waals surface area (Å²) in [4.78, 5) is 23.3. The van der Waals surface area contributed by atoms with Crippen LogP contribution in [-0.4, -0.2) is 86.6 Å². The summed E-state index contributed by atoms with van der Waals surface area (Å²) in [7, 11) is 1.77. The monoisotopic (exact) mass is 569 g/mol. The number of hydrogen-bond acceptors (Lipinski definition) is 9. The van der Waals surface area contributed by atoms with Crippen molar-refractivity contribution in [3.63, 3.8) is 0 Å². The molecule has 1 aromatic heterocycles. The van der Waals surface area contributed by atoms with Crippen molar-refractivity contribution >= 4 is 33.8 Å². The van der Waals surface area contributed by atoms with Gasteiger partial charge in [-0.15, -0.1) is 11.3 Å². The van der Waals surface area contributed by atoms with Gasteiger partial charge < -0.3 is 29.7 Å². The lowest BCUT2D eigenvalue weighted by atomic mass is 10.00. The average molecular weight is 570 g/mol. The fraction of sp³-hybridized carbons (Fsp3) is 0.600. The molecule has 2 N–H and O–H groups in total. The van der Waals surface area contributed by atoms with Crippen LogP contribution in [0, 0.1) is 0 Å². The Bertz CT molecular complexity index is 1190. The Morgan fingerprint density at radius 2 is 2.02 bits per heavy atom. The summed E-state index contributed by atoms with van der Waals surface area (Å²) in [6.07, 6.45) is 4.95. The zero-order chi connectivity index (χ0) is 28.1. The Labute approximate surface area is 241 Å². The fourth-order valence-electron chi connectivity index (χ4n) is 5.55. The summed E-state index contributed by atoms with van der Waals surface area (Å²) >= 11 is 1.64. The van der Waals surface area contributed by atoms with Gasteiger partial charge >= 0.3 is 0 Å². The van der Waals surface area contributed by atoms with Crippen molar-refractivity contribution in [1.82, 2.24) is 15.2 Å². The van der Waals surface area contributed by atoms with E-state index in [4.69, 9.17) is 19.2 Å². The van der Waals surface area contributed by atoms with Gasteiger partial charge in [-0.25, -0.2) is 4.98 Å².